The van der Waals surface area contributed by atoms with Crippen molar-refractivity contribution in [2.24, 2.45) is 5.41 Å². The Morgan fingerprint density at radius 2 is 1.64 bits per heavy atom. The monoisotopic (exact) mass is 408 g/mol. The van der Waals surface area contributed by atoms with Crippen molar-refractivity contribution in [2.75, 3.05) is 7.11 Å². The van der Waals surface area contributed by atoms with E-state index < -0.39 is 47.6 Å². The van der Waals surface area contributed by atoms with Crippen LogP contribution in [0.1, 0.15) is 12.0 Å². The lowest BCUT2D eigenvalue weighted by Gasteiger charge is -2.45. The number of carbonyl (C=O) groups excluding carboxylic acids is 2. The van der Waals surface area contributed by atoms with Crippen molar-refractivity contribution >= 4 is 17.8 Å². The maximum atomic E-state index is 13.4. The lowest BCUT2D eigenvalue weighted by atomic mass is 9.64. The Balaban J connectivity index is 2.74. The van der Waals surface area contributed by atoms with Gasteiger partial charge in [-0.3, -0.25) is 0 Å². The highest BCUT2D eigenvalue weighted by Crippen LogP contribution is 2.57. The van der Waals surface area contributed by atoms with Gasteiger partial charge in [-0.15, -0.1) is 0 Å². The molecular weight excluding hydrogens is 394 g/mol. The van der Waals surface area contributed by atoms with Crippen LogP contribution >= 0.6 is 0 Å². The highest BCUT2D eigenvalue weighted by Gasteiger charge is 2.79. The molecule has 0 aliphatic heterocycles. The minimum absolute atomic E-state index is 0.0170. The van der Waals surface area contributed by atoms with Crippen LogP contribution in [0.4, 0.5) is 26.3 Å². The van der Waals surface area contributed by atoms with Gasteiger partial charge < -0.3 is 14.6 Å². The molecule has 0 saturated carbocycles. The summed E-state index contributed by atoms with van der Waals surface area (Å²) in [5.41, 5.74) is -9.23. The van der Waals surface area contributed by atoms with Crippen LogP contribution < -0.4 is 0 Å². The molecule has 2 rings (SSSR count). The second kappa shape index (κ2) is 7.08. The van der Waals surface area contributed by atoms with Gasteiger partial charge in [-0.2, -0.15) is 26.3 Å². The summed E-state index contributed by atoms with van der Waals surface area (Å²) in [4.78, 5) is 23.6. The lowest BCUT2D eigenvalue weighted by Crippen LogP contribution is -2.67. The summed E-state index contributed by atoms with van der Waals surface area (Å²) in [5.74, 6) is -1.22. The van der Waals surface area contributed by atoms with Crippen LogP contribution in [0.3, 0.4) is 0 Å². The third kappa shape index (κ3) is 3.21. The number of aliphatic hydroxyl groups is 1. The van der Waals surface area contributed by atoms with Gasteiger partial charge >= 0.3 is 18.3 Å². The van der Waals surface area contributed by atoms with E-state index >= 15 is 0 Å². The first-order valence-electron chi connectivity index (χ1n) is 7.73. The van der Waals surface area contributed by atoms with Crippen molar-refractivity contribution in [3.8, 4) is 0 Å². The fourth-order valence-corrected chi connectivity index (χ4v) is 3.08. The van der Waals surface area contributed by atoms with Gasteiger partial charge in [0.15, 0.2) is 0 Å². The number of benzene rings is 1. The van der Waals surface area contributed by atoms with E-state index in [0.717, 1.165) is 13.2 Å². The van der Waals surface area contributed by atoms with Crippen molar-refractivity contribution in [3.63, 3.8) is 0 Å². The molecule has 1 atom stereocenters. The molecule has 0 fully saturated rings. The number of aldehydes is 1. The highest BCUT2D eigenvalue weighted by molar-refractivity contribution is 6.02. The maximum absolute atomic E-state index is 13.4. The molecule has 1 aromatic rings. The van der Waals surface area contributed by atoms with Crippen molar-refractivity contribution in [1.82, 2.24) is 0 Å². The van der Waals surface area contributed by atoms with E-state index in [-0.39, 0.29) is 5.57 Å². The van der Waals surface area contributed by atoms with Crippen molar-refractivity contribution in [1.29, 1.82) is 0 Å². The van der Waals surface area contributed by atoms with E-state index in [1.54, 1.807) is 6.07 Å². The molecule has 0 radical (unpaired) electrons. The van der Waals surface area contributed by atoms with Crippen molar-refractivity contribution < 1.29 is 45.8 Å². The summed E-state index contributed by atoms with van der Waals surface area (Å²) in [7, 11) is 0.887. The van der Waals surface area contributed by atoms with Gasteiger partial charge in [-0.25, -0.2) is 4.79 Å². The number of methoxy groups -OCH3 is 1. The minimum atomic E-state index is -6.25. The molecular formula is C18H14F6O4. The quantitative estimate of drug-likeness (QED) is 0.470. The molecule has 1 unspecified atom stereocenters. The van der Waals surface area contributed by atoms with Gasteiger partial charge in [0.2, 0.25) is 0 Å². The first-order valence-corrected chi connectivity index (χ1v) is 7.73. The Labute approximate surface area is 155 Å². The summed E-state index contributed by atoms with van der Waals surface area (Å²) >= 11 is 0. The molecule has 0 spiro atoms. The van der Waals surface area contributed by atoms with Crippen LogP contribution in [0.15, 0.2) is 48.1 Å². The van der Waals surface area contributed by atoms with Gasteiger partial charge in [-0.1, -0.05) is 42.5 Å². The Kier molecular flexibility index (Phi) is 5.48. The molecule has 0 bridgehead atoms. The number of rotatable bonds is 4. The smallest absolute Gasteiger partial charge is 0.427 e. The lowest BCUT2D eigenvalue weighted by molar-refractivity contribution is -0.390. The van der Waals surface area contributed by atoms with Gasteiger partial charge in [-0.05, 0) is 17.6 Å². The number of ether oxygens (including phenoxy) is 1. The number of halogens is 6. The Hall–Kier alpha value is -2.62. The van der Waals surface area contributed by atoms with Crippen LogP contribution in [0.2, 0.25) is 0 Å². The number of hydrogen-bond acceptors (Lipinski definition) is 4. The molecule has 1 aliphatic rings. The summed E-state index contributed by atoms with van der Waals surface area (Å²) < 4.78 is 84.6. The third-order valence-electron chi connectivity index (χ3n) is 4.56. The maximum Gasteiger partial charge on any atom is 0.427 e. The summed E-state index contributed by atoms with van der Waals surface area (Å²) in [6.07, 6.45) is -13.4. The SMILES string of the molecule is COC(=O)C1=C(c2ccccc2)C=CC(C=O)(C(O)(C(F)(F)F)C(F)(F)F)C1. The molecule has 0 amide bonds. The van der Waals surface area contributed by atoms with Crippen molar-refractivity contribution in [3.05, 3.63) is 53.6 Å². The molecule has 4 nitrogen and oxygen atoms in total. The molecule has 1 aromatic carbocycles. The Morgan fingerprint density at radius 1 is 1.11 bits per heavy atom. The number of allylic oxidation sites excluding steroid dienone is 2. The van der Waals surface area contributed by atoms with Crippen LogP contribution in [0.5, 0.6) is 0 Å². The van der Waals surface area contributed by atoms with E-state index in [1.807, 2.05) is 0 Å². The van der Waals surface area contributed by atoms with Crippen LogP contribution in [-0.4, -0.2) is 42.4 Å². The fraction of sp³-hybridized carbons (Fsp3) is 0.333. The third-order valence-corrected chi connectivity index (χ3v) is 4.56. The molecule has 0 aromatic heterocycles. The number of alkyl halides is 6. The van der Waals surface area contributed by atoms with E-state index in [0.29, 0.717) is 11.6 Å². The molecule has 10 heteroatoms. The number of hydrogen-bond donors (Lipinski definition) is 1. The molecule has 0 heterocycles. The minimum Gasteiger partial charge on any atom is -0.466 e. The Bertz CT molecular complexity index is 809. The molecule has 1 aliphatic carbocycles. The topological polar surface area (TPSA) is 63.6 Å². The van der Waals surface area contributed by atoms with E-state index in [2.05, 4.69) is 4.74 Å². The van der Waals surface area contributed by atoms with Gasteiger partial charge in [0.1, 0.15) is 6.29 Å². The van der Waals surface area contributed by atoms with E-state index in [1.165, 1.54) is 24.3 Å². The average molecular weight is 408 g/mol. The predicted octanol–water partition coefficient (Wildman–Crippen LogP) is 3.61. The zero-order chi connectivity index (χ0) is 21.4. The molecule has 1 N–H and O–H groups in total. The van der Waals surface area contributed by atoms with Crippen LogP contribution in [0, 0.1) is 5.41 Å². The highest BCUT2D eigenvalue weighted by atomic mass is 19.4. The molecule has 0 saturated heterocycles. The predicted molar refractivity (Wildman–Crippen MR) is 84.7 cm³/mol. The molecule has 152 valence electrons. The second-order valence-corrected chi connectivity index (χ2v) is 6.12. The van der Waals surface area contributed by atoms with Gasteiger partial charge in [0.05, 0.1) is 12.5 Å². The van der Waals surface area contributed by atoms with Gasteiger partial charge in [0, 0.05) is 5.57 Å². The molecule has 28 heavy (non-hydrogen) atoms. The zero-order valence-electron chi connectivity index (χ0n) is 14.3. The standard InChI is InChI=1S/C18H14F6O4/c1-28-14(26)13-9-15(10-25,16(27,17(19,20)21)18(22,23)24)8-7-12(13)11-5-3-2-4-6-11/h2-8,10,27H,9H2,1H3. The Morgan fingerprint density at radius 3 is 2.07 bits per heavy atom. The fourth-order valence-electron chi connectivity index (χ4n) is 3.08. The zero-order valence-corrected chi connectivity index (χ0v) is 14.3. The summed E-state index contributed by atoms with van der Waals surface area (Å²) in [6.45, 7) is 0. The number of carbonyl (C=O) groups is 2. The van der Waals surface area contributed by atoms with E-state index in [4.69, 9.17) is 0 Å². The van der Waals surface area contributed by atoms with Gasteiger partial charge in [0.25, 0.3) is 5.60 Å². The van der Waals surface area contributed by atoms with Crippen LogP contribution in [0.25, 0.3) is 5.57 Å². The summed E-state index contributed by atoms with van der Waals surface area (Å²) in [5, 5.41) is 9.78. The van der Waals surface area contributed by atoms with E-state index in [9.17, 15) is 41.0 Å². The number of esters is 1. The normalized spacial score (nSPS) is 20.9. The first kappa shape index (κ1) is 21.7. The largest absolute Gasteiger partial charge is 0.466 e. The van der Waals surface area contributed by atoms with Crippen molar-refractivity contribution in [2.45, 2.75) is 24.4 Å². The second-order valence-electron chi connectivity index (χ2n) is 6.12. The average Bonchev–Trinajstić information content (AvgIpc) is 2.65. The summed E-state index contributed by atoms with van der Waals surface area (Å²) in [6, 6.07) is 7.62. The first-order chi connectivity index (χ1) is 12.8. The van der Waals surface area contributed by atoms with Crippen LogP contribution in [-0.2, 0) is 14.3 Å².